The highest BCUT2D eigenvalue weighted by Gasteiger charge is 2.09. The van der Waals surface area contributed by atoms with E-state index >= 15 is 0 Å². The van der Waals surface area contributed by atoms with Crippen LogP contribution in [0.15, 0.2) is 65.3 Å². The van der Waals surface area contributed by atoms with Crippen molar-refractivity contribution in [2.75, 3.05) is 14.2 Å². The molecule has 0 aliphatic heterocycles. The summed E-state index contributed by atoms with van der Waals surface area (Å²) in [5.41, 5.74) is 5.29. The molecule has 34 heavy (non-hydrogen) atoms. The molecule has 2 aromatic carbocycles. The molecule has 0 saturated heterocycles. The van der Waals surface area contributed by atoms with E-state index < -0.39 is 0 Å². The van der Waals surface area contributed by atoms with Gasteiger partial charge in [0.05, 0.1) is 38.1 Å². The van der Waals surface area contributed by atoms with Gasteiger partial charge in [-0.1, -0.05) is 12.1 Å². The summed E-state index contributed by atoms with van der Waals surface area (Å²) in [6.45, 7) is 0.299. The third-order valence-electron chi connectivity index (χ3n) is 4.84. The number of methoxy groups -OCH3 is 2. The summed E-state index contributed by atoms with van der Waals surface area (Å²) in [5.74, 6) is 0.441. The van der Waals surface area contributed by atoms with Gasteiger partial charge in [0.15, 0.2) is 16.5 Å². The molecular weight excluding hydrogens is 456 g/mol. The van der Waals surface area contributed by atoms with Crippen LogP contribution in [-0.2, 0) is 22.6 Å². The zero-order valence-corrected chi connectivity index (χ0v) is 19.4. The number of nitrogens with zero attached hydrogens (tertiary/aromatic N) is 3. The zero-order chi connectivity index (χ0) is 23.9. The first-order valence-electron chi connectivity index (χ1n) is 10.3. The lowest BCUT2D eigenvalue weighted by Crippen LogP contribution is -2.19. The van der Waals surface area contributed by atoms with Gasteiger partial charge in [-0.05, 0) is 41.5 Å². The Hall–Kier alpha value is -4.18. The summed E-state index contributed by atoms with van der Waals surface area (Å²) in [7, 11) is 2.89. The molecular formula is C24H22N4O5S. The predicted molar refractivity (Wildman–Crippen MR) is 128 cm³/mol. The van der Waals surface area contributed by atoms with Crippen molar-refractivity contribution in [3.63, 3.8) is 0 Å². The van der Waals surface area contributed by atoms with Crippen molar-refractivity contribution < 1.29 is 23.8 Å². The van der Waals surface area contributed by atoms with Gasteiger partial charge in [-0.2, -0.15) is 5.10 Å². The Morgan fingerprint density at radius 1 is 1.15 bits per heavy atom. The normalized spacial score (nSPS) is 11.0. The van der Waals surface area contributed by atoms with E-state index in [0.29, 0.717) is 29.4 Å². The van der Waals surface area contributed by atoms with Crippen LogP contribution in [0.3, 0.4) is 0 Å². The van der Waals surface area contributed by atoms with Gasteiger partial charge < -0.3 is 14.2 Å². The predicted octanol–water partition coefficient (Wildman–Crippen LogP) is 3.46. The van der Waals surface area contributed by atoms with Gasteiger partial charge in [-0.15, -0.1) is 11.3 Å². The number of esters is 1. The quantitative estimate of drug-likeness (QED) is 0.225. The van der Waals surface area contributed by atoms with Crippen molar-refractivity contribution in [2.24, 2.45) is 5.10 Å². The first-order valence-corrected chi connectivity index (χ1v) is 11.1. The number of nitrogens with one attached hydrogen (secondary N) is 1. The zero-order valence-electron chi connectivity index (χ0n) is 18.6. The summed E-state index contributed by atoms with van der Waals surface area (Å²) in [4.78, 5) is 28.9. The minimum Gasteiger partial charge on any atom is -0.493 e. The van der Waals surface area contributed by atoms with Gasteiger partial charge in [0.25, 0.3) is 0 Å². The molecule has 10 heteroatoms. The molecule has 0 unspecified atom stereocenters. The van der Waals surface area contributed by atoms with Crippen LogP contribution >= 0.6 is 11.3 Å². The van der Waals surface area contributed by atoms with Gasteiger partial charge in [0, 0.05) is 17.8 Å². The van der Waals surface area contributed by atoms with E-state index in [9.17, 15) is 9.59 Å². The molecule has 1 amide bonds. The summed E-state index contributed by atoms with van der Waals surface area (Å²) in [6, 6.07) is 12.3. The van der Waals surface area contributed by atoms with Crippen LogP contribution in [0.5, 0.6) is 11.5 Å². The molecule has 0 spiro atoms. The number of imidazole rings is 1. The fourth-order valence-electron chi connectivity index (χ4n) is 3.14. The van der Waals surface area contributed by atoms with Crippen LogP contribution in [0.25, 0.3) is 4.96 Å². The largest absolute Gasteiger partial charge is 0.493 e. The number of ether oxygens (including phenoxy) is 3. The molecule has 0 radical (unpaired) electrons. The summed E-state index contributed by atoms with van der Waals surface area (Å²) in [5, 5.41) is 5.95. The standard InChI is InChI=1S/C24H22N4O5S/c1-31-21-11-17(13-25-27-22(29)12-19-14-28-9-10-34-24(28)26-19)5-8-20(21)33-15-16-3-6-18(7-4-16)23(30)32-2/h3-11,13-14H,12,15H2,1-2H3,(H,27,29). The molecule has 0 saturated carbocycles. The van der Waals surface area contributed by atoms with Crippen LogP contribution in [0, 0.1) is 0 Å². The second-order valence-electron chi connectivity index (χ2n) is 7.18. The van der Waals surface area contributed by atoms with Crippen LogP contribution in [0.2, 0.25) is 0 Å². The number of hydrazone groups is 1. The lowest BCUT2D eigenvalue weighted by Gasteiger charge is -2.11. The van der Waals surface area contributed by atoms with Crippen molar-refractivity contribution in [3.8, 4) is 11.5 Å². The summed E-state index contributed by atoms with van der Waals surface area (Å²) >= 11 is 1.51. The number of aromatic nitrogens is 2. The second kappa shape index (κ2) is 10.6. The molecule has 2 heterocycles. The number of carbonyl (C=O) groups is 2. The summed E-state index contributed by atoms with van der Waals surface area (Å²) in [6.07, 6.45) is 5.39. The Labute approximate surface area is 199 Å². The molecule has 1 N–H and O–H groups in total. The van der Waals surface area contributed by atoms with E-state index in [1.165, 1.54) is 24.7 Å². The molecule has 174 valence electrons. The smallest absolute Gasteiger partial charge is 0.337 e. The summed E-state index contributed by atoms with van der Waals surface area (Å²) < 4.78 is 17.9. The van der Waals surface area contributed by atoms with Crippen LogP contribution < -0.4 is 14.9 Å². The van der Waals surface area contributed by atoms with Gasteiger partial charge in [-0.25, -0.2) is 15.2 Å². The number of hydrogen-bond acceptors (Lipinski definition) is 8. The number of fused-ring (bicyclic) bond motifs is 1. The Balaban J connectivity index is 1.31. The highest BCUT2D eigenvalue weighted by molar-refractivity contribution is 7.15. The fourth-order valence-corrected chi connectivity index (χ4v) is 3.86. The van der Waals surface area contributed by atoms with Crippen molar-refractivity contribution >= 4 is 34.4 Å². The van der Waals surface area contributed by atoms with Crippen LogP contribution in [-0.4, -0.2) is 41.7 Å². The fraction of sp³-hybridized carbons (Fsp3) is 0.167. The van der Waals surface area contributed by atoms with Crippen molar-refractivity contribution in [2.45, 2.75) is 13.0 Å². The molecule has 4 rings (SSSR count). The van der Waals surface area contributed by atoms with E-state index in [1.807, 2.05) is 22.2 Å². The molecule has 4 aromatic rings. The highest BCUT2D eigenvalue weighted by Crippen LogP contribution is 2.28. The van der Waals surface area contributed by atoms with Crippen molar-refractivity contribution in [1.29, 1.82) is 0 Å². The number of hydrogen-bond donors (Lipinski definition) is 1. The third-order valence-corrected chi connectivity index (χ3v) is 5.62. The van der Waals surface area contributed by atoms with Gasteiger partial charge in [-0.3, -0.25) is 9.20 Å². The molecule has 0 fully saturated rings. The Morgan fingerprint density at radius 2 is 1.97 bits per heavy atom. The molecule has 0 aliphatic rings. The maximum Gasteiger partial charge on any atom is 0.337 e. The average Bonchev–Trinajstić information content (AvgIpc) is 3.44. The van der Waals surface area contributed by atoms with Crippen molar-refractivity contribution in [3.05, 3.63) is 82.6 Å². The van der Waals surface area contributed by atoms with Crippen molar-refractivity contribution in [1.82, 2.24) is 14.8 Å². The van der Waals surface area contributed by atoms with Crippen LogP contribution in [0.4, 0.5) is 0 Å². The second-order valence-corrected chi connectivity index (χ2v) is 8.06. The number of rotatable bonds is 9. The number of amides is 1. The van der Waals surface area contributed by atoms with E-state index in [4.69, 9.17) is 14.2 Å². The number of benzene rings is 2. The SMILES string of the molecule is COC(=O)c1ccc(COc2ccc(C=NNC(=O)Cc3cn4ccsc4n3)cc2OC)cc1. The lowest BCUT2D eigenvalue weighted by atomic mass is 10.1. The molecule has 0 aliphatic carbocycles. The first kappa shape index (κ1) is 23.0. The Morgan fingerprint density at radius 3 is 2.71 bits per heavy atom. The maximum atomic E-state index is 12.1. The first-order chi connectivity index (χ1) is 16.6. The van der Waals surface area contributed by atoms with Gasteiger partial charge in [0.1, 0.15) is 6.61 Å². The van der Waals surface area contributed by atoms with Gasteiger partial charge in [0.2, 0.25) is 5.91 Å². The highest BCUT2D eigenvalue weighted by atomic mass is 32.1. The van der Waals surface area contributed by atoms with Crippen LogP contribution in [0.1, 0.15) is 27.2 Å². The topological polar surface area (TPSA) is 104 Å². The third kappa shape index (κ3) is 5.59. The molecule has 2 aromatic heterocycles. The lowest BCUT2D eigenvalue weighted by molar-refractivity contribution is -0.120. The number of carbonyl (C=O) groups excluding carboxylic acids is 2. The minimum atomic E-state index is -0.385. The number of thiazole rings is 1. The van der Waals surface area contributed by atoms with E-state index in [2.05, 4.69) is 15.5 Å². The Kier molecular flexibility index (Phi) is 7.19. The Bertz CT molecular complexity index is 1300. The van der Waals surface area contributed by atoms with E-state index in [1.54, 1.807) is 49.6 Å². The van der Waals surface area contributed by atoms with Gasteiger partial charge >= 0.3 is 5.97 Å². The minimum absolute atomic E-state index is 0.141. The molecule has 0 bridgehead atoms. The maximum absolute atomic E-state index is 12.1. The monoisotopic (exact) mass is 478 g/mol. The van der Waals surface area contributed by atoms with E-state index in [0.717, 1.165) is 16.1 Å². The van der Waals surface area contributed by atoms with E-state index in [-0.39, 0.29) is 18.3 Å². The average molecular weight is 479 g/mol. The molecule has 9 nitrogen and oxygen atoms in total. The molecule has 0 atom stereocenters.